The molecule has 21 heavy (non-hydrogen) atoms. The third-order valence-electron chi connectivity index (χ3n) is 3.12. The van der Waals surface area contributed by atoms with Crippen molar-refractivity contribution in [1.82, 2.24) is 15.5 Å². The van der Waals surface area contributed by atoms with Gasteiger partial charge in [-0.2, -0.15) is 18.2 Å². The van der Waals surface area contributed by atoms with Gasteiger partial charge in [0.25, 0.3) is 5.89 Å². The third kappa shape index (κ3) is 3.21. The molecule has 0 atom stereocenters. The van der Waals surface area contributed by atoms with Crippen molar-refractivity contribution >= 4 is 0 Å². The first-order valence-electron chi connectivity index (χ1n) is 6.36. The molecule has 0 bridgehead atoms. The fourth-order valence-corrected chi connectivity index (χ4v) is 1.82. The Labute approximate surface area is 117 Å². The maximum atomic E-state index is 13.7. The molecule has 1 aromatic carbocycles. The largest absolute Gasteiger partial charge is 0.416 e. The van der Waals surface area contributed by atoms with Gasteiger partial charge in [-0.1, -0.05) is 5.16 Å². The van der Waals surface area contributed by atoms with E-state index in [2.05, 4.69) is 15.5 Å². The second-order valence-corrected chi connectivity index (χ2v) is 4.86. The predicted octanol–water partition coefficient (Wildman–Crippen LogP) is 3.15. The average molecular weight is 301 g/mol. The van der Waals surface area contributed by atoms with Crippen LogP contribution < -0.4 is 5.32 Å². The van der Waals surface area contributed by atoms with Gasteiger partial charge in [0.1, 0.15) is 5.82 Å². The maximum absolute atomic E-state index is 13.7. The van der Waals surface area contributed by atoms with Crippen molar-refractivity contribution in [3.63, 3.8) is 0 Å². The number of hydrogen-bond acceptors (Lipinski definition) is 4. The molecule has 3 rings (SSSR count). The zero-order chi connectivity index (χ0) is 15.0. The lowest BCUT2D eigenvalue weighted by Gasteiger charge is -2.07. The number of nitrogens with one attached hydrogen (secondary N) is 1. The van der Waals surface area contributed by atoms with Crippen molar-refractivity contribution in [3.8, 4) is 11.5 Å². The molecule has 0 unspecified atom stereocenters. The number of rotatable bonds is 4. The van der Waals surface area contributed by atoms with E-state index in [4.69, 9.17) is 4.52 Å². The van der Waals surface area contributed by atoms with Gasteiger partial charge >= 0.3 is 6.18 Å². The predicted molar refractivity (Wildman–Crippen MR) is 64.6 cm³/mol. The number of hydrogen-bond donors (Lipinski definition) is 1. The molecule has 1 fully saturated rings. The lowest BCUT2D eigenvalue weighted by atomic mass is 10.1. The van der Waals surface area contributed by atoms with Crippen molar-refractivity contribution in [1.29, 1.82) is 0 Å². The highest BCUT2D eigenvalue weighted by Gasteiger charge is 2.32. The minimum Gasteiger partial charge on any atom is -0.334 e. The first-order chi connectivity index (χ1) is 9.93. The Morgan fingerprint density at radius 3 is 2.71 bits per heavy atom. The first kappa shape index (κ1) is 14.0. The van der Waals surface area contributed by atoms with Crippen molar-refractivity contribution in [2.24, 2.45) is 0 Å². The Bertz CT molecular complexity index is 649. The fourth-order valence-electron chi connectivity index (χ4n) is 1.82. The van der Waals surface area contributed by atoms with E-state index < -0.39 is 17.6 Å². The van der Waals surface area contributed by atoms with Gasteiger partial charge in [0.15, 0.2) is 5.82 Å². The molecule has 2 aromatic rings. The number of benzene rings is 1. The summed E-state index contributed by atoms with van der Waals surface area (Å²) in [5.41, 5.74) is -1.32. The summed E-state index contributed by atoms with van der Waals surface area (Å²) in [6.07, 6.45) is -2.40. The molecule has 1 heterocycles. The minimum atomic E-state index is -4.56. The monoisotopic (exact) mass is 301 g/mol. The molecule has 0 radical (unpaired) electrons. The van der Waals surface area contributed by atoms with E-state index >= 15 is 0 Å². The number of alkyl halides is 3. The quantitative estimate of drug-likeness (QED) is 0.881. The van der Waals surface area contributed by atoms with Gasteiger partial charge in [0.05, 0.1) is 17.7 Å². The molecule has 4 nitrogen and oxygen atoms in total. The van der Waals surface area contributed by atoms with Gasteiger partial charge in [0, 0.05) is 6.04 Å². The second-order valence-electron chi connectivity index (χ2n) is 4.86. The van der Waals surface area contributed by atoms with E-state index in [9.17, 15) is 17.6 Å². The maximum Gasteiger partial charge on any atom is 0.416 e. The van der Waals surface area contributed by atoms with Crippen molar-refractivity contribution < 1.29 is 22.1 Å². The first-order valence-corrected chi connectivity index (χ1v) is 6.36. The summed E-state index contributed by atoms with van der Waals surface area (Å²) < 4.78 is 56.4. The molecular weight excluding hydrogens is 290 g/mol. The fraction of sp³-hybridized carbons (Fsp3) is 0.385. The van der Waals surface area contributed by atoms with Crippen LogP contribution in [0.2, 0.25) is 0 Å². The summed E-state index contributed by atoms with van der Waals surface area (Å²) >= 11 is 0. The highest BCUT2D eigenvalue weighted by Crippen LogP contribution is 2.33. The Hall–Kier alpha value is -1.96. The molecule has 1 aliphatic carbocycles. The Balaban J connectivity index is 1.84. The number of nitrogens with zero attached hydrogens (tertiary/aromatic N) is 2. The lowest BCUT2D eigenvalue weighted by molar-refractivity contribution is -0.137. The summed E-state index contributed by atoms with van der Waals surface area (Å²) in [7, 11) is 0. The zero-order valence-corrected chi connectivity index (χ0v) is 10.7. The van der Waals surface area contributed by atoms with Crippen molar-refractivity contribution in [2.75, 3.05) is 0 Å². The highest BCUT2D eigenvalue weighted by molar-refractivity contribution is 5.55. The molecule has 1 N–H and O–H groups in total. The van der Waals surface area contributed by atoms with Crippen molar-refractivity contribution in [3.05, 3.63) is 35.4 Å². The van der Waals surface area contributed by atoms with E-state index in [-0.39, 0.29) is 17.3 Å². The summed E-state index contributed by atoms with van der Waals surface area (Å²) in [4.78, 5) is 3.92. The molecule has 1 aliphatic rings. The molecule has 1 aromatic heterocycles. The Morgan fingerprint density at radius 1 is 1.29 bits per heavy atom. The zero-order valence-electron chi connectivity index (χ0n) is 10.7. The van der Waals surface area contributed by atoms with E-state index in [0.29, 0.717) is 24.7 Å². The van der Waals surface area contributed by atoms with Crippen LogP contribution in [-0.2, 0) is 12.7 Å². The van der Waals surface area contributed by atoms with Crippen LogP contribution in [0.1, 0.15) is 24.2 Å². The summed E-state index contributed by atoms with van der Waals surface area (Å²) in [5.74, 6) is -0.812. The molecule has 0 aliphatic heterocycles. The normalized spacial score (nSPS) is 15.4. The van der Waals surface area contributed by atoms with Crippen LogP contribution in [0.5, 0.6) is 0 Å². The highest BCUT2D eigenvalue weighted by atomic mass is 19.4. The summed E-state index contributed by atoms with van der Waals surface area (Å²) in [6.45, 7) is 0.342. The van der Waals surface area contributed by atoms with Crippen LogP contribution in [0.15, 0.2) is 22.7 Å². The van der Waals surface area contributed by atoms with Gasteiger partial charge in [0.2, 0.25) is 0 Å². The summed E-state index contributed by atoms with van der Waals surface area (Å²) in [6, 6.07) is 2.51. The van der Waals surface area contributed by atoms with Crippen LogP contribution in [0.25, 0.3) is 11.5 Å². The lowest BCUT2D eigenvalue weighted by Crippen LogP contribution is -2.16. The van der Waals surface area contributed by atoms with E-state index in [0.717, 1.165) is 18.9 Å². The van der Waals surface area contributed by atoms with Gasteiger partial charge in [-0.25, -0.2) is 4.39 Å². The van der Waals surface area contributed by atoms with Gasteiger partial charge < -0.3 is 9.84 Å². The molecular formula is C13H11F4N3O. The van der Waals surface area contributed by atoms with Gasteiger partial charge in [-0.3, -0.25) is 0 Å². The van der Waals surface area contributed by atoms with E-state index in [1.807, 2.05) is 0 Å². The van der Waals surface area contributed by atoms with E-state index in [1.165, 1.54) is 0 Å². The minimum absolute atomic E-state index is 0.258. The van der Waals surface area contributed by atoms with E-state index in [1.54, 1.807) is 0 Å². The molecule has 1 saturated carbocycles. The molecule has 112 valence electrons. The molecule has 8 heteroatoms. The topological polar surface area (TPSA) is 51.0 Å². The Kier molecular flexibility index (Phi) is 3.40. The third-order valence-corrected chi connectivity index (χ3v) is 3.12. The number of aromatic nitrogens is 2. The average Bonchev–Trinajstić information content (AvgIpc) is 3.13. The van der Waals surface area contributed by atoms with Crippen LogP contribution in [0.4, 0.5) is 17.6 Å². The van der Waals surface area contributed by atoms with Crippen LogP contribution in [0, 0.1) is 5.82 Å². The smallest absolute Gasteiger partial charge is 0.334 e. The Morgan fingerprint density at radius 2 is 2.05 bits per heavy atom. The van der Waals surface area contributed by atoms with Crippen LogP contribution in [-0.4, -0.2) is 16.2 Å². The summed E-state index contributed by atoms with van der Waals surface area (Å²) in [5, 5.41) is 6.76. The second kappa shape index (κ2) is 5.10. The SMILES string of the molecule is Fc1ccc(C(F)(F)F)cc1-c1nc(CNC2CC2)no1. The van der Waals surface area contributed by atoms with Gasteiger partial charge in [-0.05, 0) is 31.0 Å². The molecule has 0 saturated heterocycles. The van der Waals surface area contributed by atoms with Crippen LogP contribution in [0.3, 0.4) is 0 Å². The van der Waals surface area contributed by atoms with Crippen LogP contribution >= 0.6 is 0 Å². The van der Waals surface area contributed by atoms with Crippen molar-refractivity contribution in [2.45, 2.75) is 31.6 Å². The molecule has 0 spiro atoms. The van der Waals surface area contributed by atoms with Gasteiger partial charge in [-0.15, -0.1) is 0 Å². The standard InChI is InChI=1S/C13H11F4N3O/c14-10-4-1-7(13(15,16)17)5-9(10)12-19-11(20-21-12)6-18-8-2-3-8/h1,4-5,8,18H,2-3,6H2. The number of halogens is 4. The molecule has 0 amide bonds.